The zero-order valence-electron chi connectivity index (χ0n) is 9.15. The van der Waals surface area contributed by atoms with Crippen molar-refractivity contribution in [1.82, 2.24) is 0 Å². The van der Waals surface area contributed by atoms with E-state index in [2.05, 4.69) is 0 Å². The van der Waals surface area contributed by atoms with Crippen LogP contribution in [0.1, 0.15) is 25.0 Å². The quantitative estimate of drug-likeness (QED) is 0.800. The Kier molecular flexibility index (Phi) is 3.22. The van der Waals surface area contributed by atoms with Gasteiger partial charge >= 0.3 is 12.1 Å². The largest absolute Gasteiger partial charge is 0.458 e. The minimum atomic E-state index is -5.69. The average molecular weight is 254 g/mol. The topological polar surface area (TPSA) is 20.2 Å². The predicted molar refractivity (Wildman–Crippen MR) is 51.6 cm³/mol. The Hall–Kier alpha value is -1.17. The number of benzene rings is 1. The summed E-state index contributed by atoms with van der Waals surface area (Å²) in [6.07, 6.45) is -5.69. The molecule has 17 heavy (non-hydrogen) atoms. The average Bonchev–Trinajstić information content (AvgIpc) is 2.14. The van der Waals surface area contributed by atoms with Gasteiger partial charge in [0.15, 0.2) is 0 Å². The third-order valence-corrected chi connectivity index (χ3v) is 2.28. The van der Waals surface area contributed by atoms with Crippen LogP contribution in [0.15, 0.2) is 24.3 Å². The van der Waals surface area contributed by atoms with Gasteiger partial charge in [-0.25, -0.2) is 0 Å². The molecule has 1 rings (SSSR count). The third kappa shape index (κ3) is 2.57. The summed E-state index contributed by atoms with van der Waals surface area (Å²) in [4.78, 5) is 0. The Labute approximate surface area is 94.9 Å². The normalized spacial score (nSPS) is 13.9. The molecule has 0 radical (unpaired) electrons. The van der Waals surface area contributed by atoms with Gasteiger partial charge in [0.25, 0.3) is 0 Å². The first-order chi connectivity index (χ1) is 7.48. The van der Waals surface area contributed by atoms with E-state index >= 15 is 0 Å². The predicted octanol–water partition coefficient (Wildman–Crippen LogP) is 3.57. The Balaban J connectivity index is 3.43. The van der Waals surface area contributed by atoms with E-state index in [9.17, 15) is 27.1 Å². The van der Waals surface area contributed by atoms with Crippen LogP contribution in [0.25, 0.3) is 0 Å². The number of aliphatic hydroxyl groups is 1. The number of hydrogen-bond acceptors (Lipinski definition) is 1. The van der Waals surface area contributed by atoms with Gasteiger partial charge in [-0.1, -0.05) is 24.3 Å². The molecule has 0 saturated heterocycles. The molecule has 1 aromatic carbocycles. The second-order valence-electron chi connectivity index (χ2n) is 4.18. The van der Waals surface area contributed by atoms with Crippen LogP contribution in [-0.2, 0) is 11.5 Å². The van der Waals surface area contributed by atoms with E-state index in [1.807, 2.05) is 0 Å². The highest BCUT2D eigenvalue weighted by molar-refractivity contribution is 5.35. The van der Waals surface area contributed by atoms with E-state index in [0.717, 1.165) is 26.0 Å². The lowest BCUT2D eigenvalue weighted by Crippen LogP contribution is -2.36. The molecule has 0 amide bonds. The zero-order valence-corrected chi connectivity index (χ0v) is 9.15. The summed E-state index contributed by atoms with van der Waals surface area (Å²) in [5.41, 5.74) is -3.44. The fourth-order valence-corrected chi connectivity index (χ4v) is 1.44. The molecule has 0 fully saturated rings. The minimum absolute atomic E-state index is 0.442. The Morgan fingerprint density at radius 3 is 1.65 bits per heavy atom. The Bertz CT molecular complexity index is 403. The number of rotatable bonds is 2. The van der Waals surface area contributed by atoms with Crippen molar-refractivity contribution in [2.24, 2.45) is 0 Å². The summed E-state index contributed by atoms with van der Waals surface area (Å²) >= 11 is 0. The van der Waals surface area contributed by atoms with Gasteiger partial charge in [0.1, 0.15) is 0 Å². The minimum Gasteiger partial charge on any atom is -0.386 e. The first kappa shape index (κ1) is 13.9. The molecule has 0 aliphatic heterocycles. The van der Waals surface area contributed by atoms with Crippen molar-refractivity contribution in [3.8, 4) is 0 Å². The Morgan fingerprint density at radius 2 is 1.29 bits per heavy atom. The molecular weight excluding hydrogens is 243 g/mol. The standard InChI is InChI=1S/C11H11F5O/c1-9(2,17)7-5-3-4-6-8(7)10(12,13)11(14,15)16/h3-6,17H,1-2H3. The summed E-state index contributed by atoms with van der Waals surface area (Å²) in [6.45, 7) is 2.30. The van der Waals surface area contributed by atoms with Gasteiger partial charge in [-0.15, -0.1) is 0 Å². The molecule has 1 N–H and O–H groups in total. The molecular formula is C11H11F5O. The second-order valence-corrected chi connectivity index (χ2v) is 4.18. The number of hydrogen-bond donors (Lipinski definition) is 1. The third-order valence-electron chi connectivity index (χ3n) is 2.28. The van der Waals surface area contributed by atoms with Crippen molar-refractivity contribution < 1.29 is 27.1 Å². The molecule has 0 bridgehead atoms. The molecule has 1 nitrogen and oxygen atoms in total. The van der Waals surface area contributed by atoms with Gasteiger partial charge in [0.2, 0.25) is 0 Å². The van der Waals surface area contributed by atoms with Crippen LogP contribution in [0.3, 0.4) is 0 Å². The maximum Gasteiger partial charge on any atom is 0.458 e. The van der Waals surface area contributed by atoms with E-state index in [1.165, 1.54) is 6.07 Å². The smallest absolute Gasteiger partial charge is 0.386 e. The Morgan fingerprint density at radius 1 is 0.882 bits per heavy atom. The van der Waals surface area contributed by atoms with Gasteiger partial charge in [-0.05, 0) is 19.4 Å². The van der Waals surface area contributed by atoms with E-state index < -0.39 is 28.8 Å². The summed E-state index contributed by atoms with van der Waals surface area (Å²) in [5, 5.41) is 9.60. The summed E-state index contributed by atoms with van der Waals surface area (Å²) in [5.74, 6) is -4.98. The fraction of sp³-hybridized carbons (Fsp3) is 0.455. The monoisotopic (exact) mass is 254 g/mol. The van der Waals surface area contributed by atoms with Gasteiger partial charge in [0.05, 0.1) is 5.60 Å². The maximum atomic E-state index is 13.2. The van der Waals surface area contributed by atoms with Crippen molar-refractivity contribution in [2.75, 3.05) is 0 Å². The van der Waals surface area contributed by atoms with Crippen molar-refractivity contribution in [3.63, 3.8) is 0 Å². The maximum absolute atomic E-state index is 13.2. The van der Waals surface area contributed by atoms with Gasteiger partial charge in [-0.3, -0.25) is 0 Å². The lowest BCUT2D eigenvalue weighted by atomic mass is 9.90. The molecule has 1 aromatic rings. The molecule has 0 heterocycles. The lowest BCUT2D eigenvalue weighted by Gasteiger charge is -2.27. The highest BCUT2D eigenvalue weighted by Gasteiger charge is 2.60. The van der Waals surface area contributed by atoms with Crippen molar-refractivity contribution in [1.29, 1.82) is 0 Å². The van der Waals surface area contributed by atoms with E-state index in [4.69, 9.17) is 0 Å². The van der Waals surface area contributed by atoms with Crippen molar-refractivity contribution in [3.05, 3.63) is 35.4 Å². The SMILES string of the molecule is CC(C)(O)c1ccccc1C(F)(F)C(F)(F)F. The van der Waals surface area contributed by atoms with Crippen molar-refractivity contribution >= 4 is 0 Å². The van der Waals surface area contributed by atoms with Crippen LogP contribution in [0.4, 0.5) is 22.0 Å². The molecule has 6 heteroatoms. The summed E-state index contributed by atoms with van der Waals surface area (Å²) < 4.78 is 63.2. The second kappa shape index (κ2) is 3.94. The summed E-state index contributed by atoms with van der Waals surface area (Å²) in [7, 11) is 0. The van der Waals surface area contributed by atoms with E-state index in [-0.39, 0.29) is 0 Å². The van der Waals surface area contributed by atoms with Crippen LogP contribution in [0, 0.1) is 0 Å². The molecule has 0 aliphatic rings. The molecule has 0 unspecified atom stereocenters. The highest BCUT2D eigenvalue weighted by atomic mass is 19.4. The van der Waals surface area contributed by atoms with Crippen LogP contribution in [0.2, 0.25) is 0 Å². The van der Waals surface area contributed by atoms with E-state index in [0.29, 0.717) is 6.07 Å². The molecule has 0 aromatic heterocycles. The molecule has 0 saturated carbocycles. The van der Waals surface area contributed by atoms with Crippen LogP contribution >= 0.6 is 0 Å². The van der Waals surface area contributed by atoms with Gasteiger partial charge in [0, 0.05) is 5.56 Å². The van der Waals surface area contributed by atoms with Crippen LogP contribution in [-0.4, -0.2) is 11.3 Å². The number of halogens is 5. The zero-order chi connectivity index (χ0) is 13.5. The van der Waals surface area contributed by atoms with Gasteiger partial charge in [-0.2, -0.15) is 22.0 Å². The highest BCUT2D eigenvalue weighted by Crippen LogP contribution is 2.46. The first-order valence-corrected chi connectivity index (χ1v) is 4.75. The lowest BCUT2D eigenvalue weighted by molar-refractivity contribution is -0.290. The molecule has 0 spiro atoms. The summed E-state index contributed by atoms with van der Waals surface area (Å²) in [6, 6.07) is 4.09. The fourth-order valence-electron chi connectivity index (χ4n) is 1.44. The van der Waals surface area contributed by atoms with Crippen LogP contribution < -0.4 is 0 Å². The molecule has 0 atom stereocenters. The van der Waals surface area contributed by atoms with E-state index in [1.54, 1.807) is 0 Å². The molecule has 96 valence electrons. The van der Waals surface area contributed by atoms with Crippen molar-refractivity contribution in [2.45, 2.75) is 31.5 Å². The van der Waals surface area contributed by atoms with Crippen LogP contribution in [0.5, 0.6) is 0 Å². The van der Waals surface area contributed by atoms with Gasteiger partial charge < -0.3 is 5.11 Å². The number of alkyl halides is 5. The molecule has 0 aliphatic carbocycles. The first-order valence-electron chi connectivity index (χ1n) is 4.75.